The molecule has 0 spiro atoms. The Bertz CT molecular complexity index is 1010. The number of fused-ring (bicyclic) bond motifs is 1. The van der Waals surface area contributed by atoms with Crippen molar-refractivity contribution < 1.29 is 4.79 Å². The molecule has 0 aliphatic heterocycles. The highest BCUT2D eigenvalue weighted by molar-refractivity contribution is 7.08. The predicted octanol–water partition coefficient (Wildman–Crippen LogP) is 5.11. The van der Waals surface area contributed by atoms with Crippen LogP contribution in [0.5, 0.6) is 0 Å². The molecule has 2 aromatic heterocycles. The molecule has 27 heavy (non-hydrogen) atoms. The van der Waals surface area contributed by atoms with Gasteiger partial charge in [0.15, 0.2) is 0 Å². The Labute approximate surface area is 163 Å². The van der Waals surface area contributed by atoms with E-state index in [-0.39, 0.29) is 11.8 Å². The summed E-state index contributed by atoms with van der Waals surface area (Å²) >= 11 is 1.67. The van der Waals surface area contributed by atoms with E-state index < -0.39 is 0 Å². The summed E-state index contributed by atoms with van der Waals surface area (Å²) in [6, 6.07) is 20.6. The first kappa shape index (κ1) is 17.6. The molecule has 2 heterocycles. The van der Waals surface area contributed by atoms with Crippen molar-refractivity contribution in [2.45, 2.75) is 18.8 Å². The first-order valence-corrected chi connectivity index (χ1v) is 10.1. The number of aromatic nitrogens is 1. The fourth-order valence-electron chi connectivity index (χ4n) is 3.51. The van der Waals surface area contributed by atoms with Gasteiger partial charge in [-0.25, -0.2) is 0 Å². The Morgan fingerprint density at radius 3 is 2.67 bits per heavy atom. The van der Waals surface area contributed by atoms with Gasteiger partial charge in [0.25, 0.3) is 0 Å². The molecule has 4 heteroatoms. The van der Waals surface area contributed by atoms with Crippen molar-refractivity contribution in [2.75, 3.05) is 6.54 Å². The smallest absolute Gasteiger partial charge is 0.220 e. The normalized spacial score (nSPS) is 12.1. The maximum absolute atomic E-state index is 12.7. The Balaban J connectivity index is 1.48. The quantitative estimate of drug-likeness (QED) is 0.464. The third-order valence-corrected chi connectivity index (χ3v) is 5.61. The van der Waals surface area contributed by atoms with Gasteiger partial charge >= 0.3 is 0 Å². The Morgan fingerprint density at radius 1 is 1.04 bits per heavy atom. The third-order valence-electron chi connectivity index (χ3n) is 4.91. The van der Waals surface area contributed by atoms with Crippen LogP contribution in [0.25, 0.3) is 10.9 Å². The fraction of sp³-hybridized carbons (Fsp3) is 0.174. The number of benzene rings is 2. The maximum atomic E-state index is 12.7. The minimum absolute atomic E-state index is 0.0594. The van der Waals surface area contributed by atoms with E-state index in [0.717, 1.165) is 11.9 Å². The minimum atomic E-state index is 0.0594. The Morgan fingerprint density at radius 2 is 1.85 bits per heavy atom. The summed E-state index contributed by atoms with van der Waals surface area (Å²) in [5, 5.41) is 8.49. The van der Waals surface area contributed by atoms with Crippen LogP contribution >= 0.6 is 11.3 Å². The molecule has 3 nitrogen and oxygen atoms in total. The van der Waals surface area contributed by atoms with Crippen LogP contribution < -0.4 is 5.32 Å². The molecule has 0 bridgehead atoms. The molecule has 1 amide bonds. The standard InChI is InChI=1S/C23H22N2OS/c26-23(24-12-10-17-6-2-1-3-7-17)14-20(18-11-13-27-16-18)21-15-25-22-9-5-4-8-19(21)22/h1-9,11,13,15-16,20,25H,10,12,14H2,(H,24,26). The molecule has 0 radical (unpaired) electrons. The highest BCUT2D eigenvalue weighted by Crippen LogP contribution is 2.34. The van der Waals surface area contributed by atoms with E-state index in [9.17, 15) is 4.79 Å². The zero-order chi connectivity index (χ0) is 18.5. The van der Waals surface area contributed by atoms with Gasteiger partial charge in [-0.3, -0.25) is 4.79 Å². The number of amides is 1. The van der Waals surface area contributed by atoms with E-state index in [0.29, 0.717) is 13.0 Å². The number of carbonyl (C=O) groups is 1. The lowest BCUT2D eigenvalue weighted by Crippen LogP contribution is -2.27. The molecule has 2 aromatic carbocycles. The zero-order valence-corrected chi connectivity index (χ0v) is 15.8. The largest absolute Gasteiger partial charge is 0.361 e. The van der Waals surface area contributed by atoms with Crippen LogP contribution in [0, 0.1) is 0 Å². The van der Waals surface area contributed by atoms with Gasteiger partial charge in [-0.05, 0) is 46.0 Å². The van der Waals surface area contributed by atoms with Gasteiger partial charge in [0.2, 0.25) is 5.91 Å². The van der Waals surface area contributed by atoms with E-state index in [2.05, 4.69) is 51.4 Å². The molecule has 1 unspecified atom stereocenters. The van der Waals surface area contributed by atoms with E-state index in [1.807, 2.05) is 36.5 Å². The van der Waals surface area contributed by atoms with Crippen molar-refractivity contribution in [3.05, 3.63) is 94.3 Å². The summed E-state index contributed by atoms with van der Waals surface area (Å²) in [4.78, 5) is 16.0. The number of H-pyrrole nitrogens is 1. The molecule has 0 saturated carbocycles. The molecule has 4 rings (SSSR count). The molecule has 2 N–H and O–H groups in total. The summed E-state index contributed by atoms with van der Waals surface area (Å²) in [7, 11) is 0. The lowest BCUT2D eigenvalue weighted by Gasteiger charge is -2.16. The summed E-state index contributed by atoms with van der Waals surface area (Å²) in [5.74, 6) is 0.150. The highest BCUT2D eigenvalue weighted by atomic mass is 32.1. The van der Waals surface area contributed by atoms with Crippen LogP contribution in [0.2, 0.25) is 0 Å². The van der Waals surface area contributed by atoms with E-state index in [1.165, 1.54) is 22.1 Å². The number of nitrogens with one attached hydrogen (secondary N) is 2. The average molecular weight is 375 g/mol. The first-order valence-electron chi connectivity index (χ1n) is 9.20. The zero-order valence-electron chi connectivity index (χ0n) is 15.0. The van der Waals surface area contributed by atoms with Crippen molar-refractivity contribution in [1.82, 2.24) is 10.3 Å². The number of para-hydroxylation sites is 1. The highest BCUT2D eigenvalue weighted by Gasteiger charge is 2.21. The summed E-state index contributed by atoms with van der Waals surface area (Å²) in [6.45, 7) is 0.660. The lowest BCUT2D eigenvalue weighted by atomic mass is 9.89. The average Bonchev–Trinajstić information content (AvgIpc) is 3.37. The Hall–Kier alpha value is -2.85. The second-order valence-electron chi connectivity index (χ2n) is 6.69. The van der Waals surface area contributed by atoms with Crippen molar-refractivity contribution in [3.63, 3.8) is 0 Å². The molecule has 4 aromatic rings. The fourth-order valence-corrected chi connectivity index (χ4v) is 4.23. The van der Waals surface area contributed by atoms with Gasteiger partial charge in [0, 0.05) is 36.0 Å². The predicted molar refractivity (Wildman–Crippen MR) is 112 cm³/mol. The van der Waals surface area contributed by atoms with Crippen LogP contribution in [0.4, 0.5) is 0 Å². The van der Waals surface area contributed by atoms with Crippen LogP contribution in [-0.4, -0.2) is 17.4 Å². The van der Waals surface area contributed by atoms with E-state index >= 15 is 0 Å². The number of aromatic amines is 1. The lowest BCUT2D eigenvalue weighted by molar-refractivity contribution is -0.121. The monoisotopic (exact) mass is 374 g/mol. The number of hydrogen-bond donors (Lipinski definition) is 2. The van der Waals surface area contributed by atoms with Gasteiger partial charge in [0.1, 0.15) is 0 Å². The van der Waals surface area contributed by atoms with Crippen LogP contribution in [-0.2, 0) is 11.2 Å². The molecule has 0 saturated heterocycles. The number of carbonyl (C=O) groups excluding carboxylic acids is 1. The van der Waals surface area contributed by atoms with E-state index in [4.69, 9.17) is 0 Å². The van der Waals surface area contributed by atoms with Crippen molar-refractivity contribution in [1.29, 1.82) is 0 Å². The third kappa shape index (κ3) is 4.12. The molecule has 136 valence electrons. The van der Waals surface area contributed by atoms with Crippen molar-refractivity contribution in [2.24, 2.45) is 0 Å². The second-order valence-corrected chi connectivity index (χ2v) is 7.47. The molecule has 1 atom stereocenters. The van der Waals surface area contributed by atoms with Gasteiger partial charge in [-0.1, -0.05) is 48.5 Å². The van der Waals surface area contributed by atoms with Crippen LogP contribution in [0.15, 0.2) is 77.6 Å². The number of thiophene rings is 1. The first-order chi connectivity index (χ1) is 13.3. The topological polar surface area (TPSA) is 44.9 Å². The van der Waals surface area contributed by atoms with Gasteiger partial charge in [-0.2, -0.15) is 11.3 Å². The number of hydrogen-bond acceptors (Lipinski definition) is 2. The Kier molecular flexibility index (Phi) is 5.35. The van der Waals surface area contributed by atoms with Crippen molar-refractivity contribution >= 4 is 28.1 Å². The second kappa shape index (κ2) is 8.23. The van der Waals surface area contributed by atoms with E-state index in [1.54, 1.807) is 11.3 Å². The minimum Gasteiger partial charge on any atom is -0.361 e. The molecule has 0 aliphatic carbocycles. The summed E-state index contributed by atoms with van der Waals surface area (Å²) < 4.78 is 0. The number of rotatable bonds is 7. The van der Waals surface area contributed by atoms with Gasteiger partial charge < -0.3 is 10.3 Å². The molecular weight excluding hydrogens is 352 g/mol. The summed E-state index contributed by atoms with van der Waals surface area (Å²) in [5.41, 5.74) is 4.73. The maximum Gasteiger partial charge on any atom is 0.220 e. The van der Waals surface area contributed by atoms with Gasteiger partial charge in [0.05, 0.1) is 0 Å². The molecular formula is C23H22N2OS. The molecule has 0 aliphatic rings. The summed E-state index contributed by atoms with van der Waals surface area (Å²) in [6.07, 6.45) is 3.35. The van der Waals surface area contributed by atoms with Gasteiger partial charge in [-0.15, -0.1) is 0 Å². The molecule has 0 fully saturated rings. The SMILES string of the molecule is O=C(CC(c1ccsc1)c1c[nH]c2ccccc12)NCCc1ccccc1. The van der Waals surface area contributed by atoms with Crippen LogP contribution in [0.1, 0.15) is 29.0 Å². The van der Waals surface area contributed by atoms with Crippen molar-refractivity contribution in [3.8, 4) is 0 Å². The van der Waals surface area contributed by atoms with Crippen LogP contribution in [0.3, 0.4) is 0 Å².